The van der Waals surface area contributed by atoms with Gasteiger partial charge < -0.3 is 0 Å². The van der Waals surface area contributed by atoms with Crippen LogP contribution in [0, 0.1) is 0 Å². The van der Waals surface area contributed by atoms with E-state index in [4.69, 9.17) is 7.81 Å². The van der Waals surface area contributed by atoms with E-state index in [1.54, 1.807) is 0 Å². The molecular formula is C37H67N3O2Sn. The molecule has 43 heavy (non-hydrogen) atoms. The second-order valence-corrected chi connectivity index (χ2v) is 24.4. The van der Waals surface area contributed by atoms with Gasteiger partial charge in [0.05, 0.1) is 0 Å². The van der Waals surface area contributed by atoms with Gasteiger partial charge in [0.15, 0.2) is 0 Å². The fourth-order valence-corrected chi connectivity index (χ4v) is 19.2. The minimum atomic E-state index is -2.83. The van der Waals surface area contributed by atoms with Gasteiger partial charge >= 0.3 is 227 Å². The maximum atomic E-state index is 9.55. The molecule has 0 aliphatic heterocycles. The number of benzene rings is 1. The Morgan fingerprint density at radius 2 is 1.23 bits per heavy atom. The predicted molar refractivity (Wildman–Crippen MR) is 189 cm³/mol. The third kappa shape index (κ3) is 20.6. The molecule has 0 aliphatic rings. The molecule has 0 unspecified atom stereocenters. The fourth-order valence-electron chi connectivity index (χ4n) is 5.83. The molecule has 2 atom stereocenters. The molecule has 0 spiro atoms. The number of unbranched alkanes of at least 4 members (excludes halogenated alkanes) is 14. The maximum absolute atomic E-state index is 9.55. The van der Waals surface area contributed by atoms with Crippen LogP contribution in [-0.2, 0) is 14.4 Å². The molecular weight excluding hydrogens is 637 g/mol. The van der Waals surface area contributed by atoms with Gasteiger partial charge in [-0.15, -0.1) is 0 Å². The summed E-state index contributed by atoms with van der Waals surface area (Å²) in [4.78, 5) is 3.27. The van der Waals surface area contributed by atoms with E-state index in [2.05, 4.69) is 62.0 Å². The van der Waals surface area contributed by atoms with Crippen molar-refractivity contribution in [1.29, 1.82) is 0 Å². The third-order valence-electron chi connectivity index (χ3n) is 8.68. The fraction of sp³-hybridized carbons (Fsp3) is 0.784. The summed E-state index contributed by atoms with van der Waals surface area (Å²) in [6.45, 7) is 10.1. The van der Waals surface area contributed by atoms with Gasteiger partial charge in [0.1, 0.15) is 0 Å². The Hall–Kier alpha value is -1.01. The Kier molecular flexibility index (Phi) is 26.5. The van der Waals surface area contributed by atoms with Crippen molar-refractivity contribution in [3.63, 3.8) is 0 Å². The van der Waals surface area contributed by atoms with Gasteiger partial charge in [0, 0.05) is 0 Å². The Balaban J connectivity index is 2.78. The van der Waals surface area contributed by atoms with E-state index in [1.807, 2.05) is 18.2 Å². The van der Waals surface area contributed by atoms with Crippen molar-refractivity contribution < 1.29 is 7.81 Å². The van der Waals surface area contributed by atoms with Crippen molar-refractivity contribution in [2.45, 2.75) is 175 Å². The molecule has 0 saturated heterocycles. The van der Waals surface area contributed by atoms with Crippen LogP contribution in [0.25, 0.3) is 10.4 Å². The van der Waals surface area contributed by atoms with Crippen LogP contribution in [-0.4, -0.2) is 37.5 Å². The normalized spacial score (nSPS) is 13.3. The van der Waals surface area contributed by atoms with E-state index in [1.165, 1.54) is 122 Å². The van der Waals surface area contributed by atoms with Crippen LogP contribution in [0.5, 0.6) is 0 Å². The summed E-state index contributed by atoms with van der Waals surface area (Å²) in [6, 6.07) is 9.95. The van der Waals surface area contributed by atoms with Gasteiger partial charge in [0.25, 0.3) is 0 Å². The summed E-state index contributed by atoms with van der Waals surface area (Å²) < 4.78 is 17.3. The first-order valence-electron chi connectivity index (χ1n) is 18.1. The summed E-state index contributed by atoms with van der Waals surface area (Å²) in [6.07, 6.45) is 27.5. The SMILES string of the molecule is CCCCCCCCCCCCC/C=C/[C@@H](OCc1ccccc1)[C@H](C[O][Sn]([CH2]CCC)([CH2]CCC)[CH2]CCC)N=[N+]=[N-]. The third-order valence-corrected chi connectivity index (χ3v) is 21.7. The van der Waals surface area contributed by atoms with Crippen LogP contribution in [0.3, 0.4) is 0 Å². The van der Waals surface area contributed by atoms with Crippen molar-refractivity contribution in [2.75, 3.05) is 6.61 Å². The van der Waals surface area contributed by atoms with Crippen LogP contribution in [0.4, 0.5) is 0 Å². The number of hydrogen-bond donors (Lipinski definition) is 0. The van der Waals surface area contributed by atoms with E-state index >= 15 is 0 Å². The first kappa shape index (κ1) is 40.0. The molecule has 5 nitrogen and oxygen atoms in total. The van der Waals surface area contributed by atoms with Gasteiger partial charge in [0.2, 0.25) is 0 Å². The van der Waals surface area contributed by atoms with Crippen LogP contribution in [0.2, 0.25) is 13.3 Å². The second-order valence-electron chi connectivity index (χ2n) is 12.6. The van der Waals surface area contributed by atoms with Crippen LogP contribution >= 0.6 is 0 Å². The van der Waals surface area contributed by atoms with Gasteiger partial charge in [-0.3, -0.25) is 0 Å². The number of rotatable bonds is 30. The van der Waals surface area contributed by atoms with Gasteiger partial charge in [-0.25, -0.2) is 0 Å². The van der Waals surface area contributed by atoms with Crippen molar-refractivity contribution in [3.05, 3.63) is 58.5 Å². The summed E-state index contributed by atoms with van der Waals surface area (Å²) in [5, 5.41) is 4.27. The van der Waals surface area contributed by atoms with Crippen LogP contribution in [0.15, 0.2) is 47.6 Å². The van der Waals surface area contributed by atoms with Gasteiger partial charge in [-0.2, -0.15) is 0 Å². The summed E-state index contributed by atoms with van der Waals surface area (Å²) in [5.41, 5.74) is 10.7. The Morgan fingerprint density at radius 3 is 1.74 bits per heavy atom. The molecule has 0 N–H and O–H groups in total. The number of hydrogen-bond acceptors (Lipinski definition) is 3. The molecule has 6 heteroatoms. The topological polar surface area (TPSA) is 67.2 Å². The Morgan fingerprint density at radius 1 is 0.721 bits per heavy atom. The molecule has 1 aromatic carbocycles. The zero-order valence-electron chi connectivity index (χ0n) is 28.6. The van der Waals surface area contributed by atoms with Crippen molar-refractivity contribution in [3.8, 4) is 0 Å². The summed E-state index contributed by atoms with van der Waals surface area (Å²) in [7, 11) is 0. The minimum absolute atomic E-state index is 0.281. The quantitative estimate of drug-likeness (QED) is 0.0200. The monoisotopic (exact) mass is 705 g/mol. The number of nitrogens with zero attached hydrogens (tertiary/aromatic N) is 3. The molecule has 1 rings (SSSR count). The molecule has 0 radical (unpaired) electrons. The summed E-state index contributed by atoms with van der Waals surface area (Å²) >= 11 is -2.83. The van der Waals surface area contributed by atoms with Crippen LogP contribution in [0.1, 0.15) is 149 Å². The van der Waals surface area contributed by atoms with E-state index in [9.17, 15) is 5.53 Å². The first-order valence-corrected chi connectivity index (χ1v) is 25.4. The molecule has 0 amide bonds. The van der Waals surface area contributed by atoms with Gasteiger partial charge in [-0.1, -0.05) is 45.4 Å². The summed E-state index contributed by atoms with van der Waals surface area (Å²) in [5.74, 6) is 0. The molecule has 0 heterocycles. The molecule has 0 aromatic heterocycles. The predicted octanol–water partition coefficient (Wildman–Crippen LogP) is 12.9. The molecule has 1 aromatic rings. The molecule has 246 valence electrons. The van der Waals surface area contributed by atoms with Crippen molar-refractivity contribution in [2.24, 2.45) is 5.11 Å². The Labute approximate surface area is 271 Å². The molecule has 0 saturated carbocycles. The van der Waals surface area contributed by atoms with Crippen LogP contribution < -0.4 is 0 Å². The zero-order valence-corrected chi connectivity index (χ0v) is 31.5. The molecule has 0 fully saturated rings. The first-order chi connectivity index (χ1) is 21.1. The van der Waals surface area contributed by atoms with E-state index in [-0.39, 0.29) is 12.1 Å². The Bertz CT molecular complexity index is 807. The number of ether oxygens (including phenoxy) is 1. The number of allylic oxidation sites excluding steroid dienone is 1. The van der Waals surface area contributed by atoms with E-state index in [0.717, 1.165) is 12.0 Å². The van der Waals surface area contributed by atoms with Gasteiger partial charge in [-0.05, 0) is 0 Å². The van der Waals surface area contributed by atoms with Crippen molar-refractivity contribution in [1.82, 2.24) is 0 Å². The van der Waals surface area contributed by atoms with E-state index in [0.29, 0.717) is 13.2 Å². The van der Waals surface area contributed by atoms with Crippen molar-refractivity contribution >= 4 is 18.8 Å². The second kappa shape index (κ2) is 28.5. The van der Waals surface area contributed by atoms with E-state index < -0.39 is 18.8 Å². The average Bonchev–Trinajstić information content (AvgIpc) is 3.04. The average molecular weight is 705 g/mol. The molecule has 0 aliphatic carbocycles. The zero-order chi connectivity index (χ0) is 31.3. The molecule has 0 bridgehead atoms. The standard InChI is InChI=1S/C25H40N3O2.3C4H9.Sn/c1-2-3-4-5-6-7-8-9-10-11-12-13-17-20-25(24(21-29)27-28-26)30-22-23-18-15-14-16-19-23;3*1-3-4-2;/h14-20,24-25H,2-13,21-22H2,1H3;3*1,3-4H2,2H3;/q-1;;;;+1/b20-17+;;;;/t24-,25+;;;;/m0..../s1. The number of azide groups is 1.